The Morgan fingerprint density at radius 1 is 1.21 bits per heavy atom. The first-order chi connectivity index (χ1) is 8.67. The van der Waals surface area contributed by atoms with E-state index in [0.29, 0.717) is 5.75 Å². The molecule has 0 aliphatic carbocycles. The minimum Gasteiger partial charge on any atom is -0.497 e. The number of hydrogen-bond donors (Lipinski definition) is 1. The van der Waals surface area contributed by atoms with E-state index in [-0.39, 0.29) is 5.56 Å². The monoisotopic (exact) mass is 340 g/mol. The number of benzene rings is 1. The standard InChI is InChI=1S/C12H9BrF4O2/c1-19-9-4-2-8(3-5-9)10(18)6-7-11(14,15)12(13,16)17/h2-5,10,18H,1H3. The summed E-state index contributed by atoms with van der Waals surface area (Å²) in [5.41, 5.74) is 0.196. The lowest BCUT2D eigenvalue weighted by molar-refractivity contribution is -0.104. The fourth-order valence-electron chi connectivity index (χ4n) is 1.10. The Labute approximate surface area is 115 Å². The SMILES string of the molecule is COc1ccc(C(O)C#CC(F)(F)C(F)(F)Br)cc1. The molecule has 0 heterocycles. The molecule has 0 bridgehead atoms. The second-order valence-corrected chi connectivity index (χ2v) is 4.51. The summed E-state index contributed by atoms with van der Waals surface area (Å²) in [5, 5.41) is 9.51. The maximum atomic E-state index is 12.8. The molecule has 1 aromatic rings. The van der Waals surface area contributed by atoms with Crippen molar-refractivity contribution in [3.05, 3.63) is 29.8 Å². The maximum Gasteiger partial charge on any atom is 0.380 e. The fraction of sp³-hybridized carbons (Fsp3) is 0.333. The van der Waals surface area contributed by atoms with Crippen LogP contribution in [-0.2, 0) is 0 Å². The second-order valence-electron chi connectivity index (χ2n) is 3.52. The van der Waals surface area contributed by atoms with E-state index in [1.54, 1.807) is 21.9 Å². The number of aliphatic hydroxyl groups is 1. The van der Waals surface area contributed by atoms with Gasteiger partial charge >= 0.3 is 10.8 Å². The van der Waals surface area contributed by atoms with Crippen molar-refractivity contribution in [2.45, 2.75) is 16.9 Å². The normalized spacial score (nSPS) is 13.4. The van der Waals surface area contributed by atoms with Crippen molar-refractivity contribution in [1.29, 1.82) is 0 Å². The molecule has 2 nitrogen and oxygen atoms in total. The maximum absolute atomic E-state index is 12.8. The number of methoxy groups -OCH3 is 1. The van der Waals surface area contributed by atoms with Crippen LogP contribution in [0.15, 0.2) is 24.3 Å². The minimum absolute atomic E-state index is 0.196. The van der Waals surface area contributed by atoms with Crippen LogP contribution < -0.4 is 4.74 Å². The molecule has 0 spiro atoms. The van der Waals surface area contributed by atoms with E-state index < -0.39 is 16.9 Å². The number of hydrogen-bond acceptors (Lipinski definition) is 2. The van der Waals surface area contributed by atoms with Crippen LogP contribution in [0.4, 0.5) is 17.6 Å². The number of aliphatic hydroxyl groups excluding tert-OH is 1. The van der Waals surface area contributed by atoms with Gasteiger partial charge in [-0.25, -0.2) is 0 Å². The van der Waals surface area contributed by atoms with Crippen LogP contribution in [-0.4, -0.2) is 23.0 Å². The molecule has 0 radical (unpaired) electrons. The van der Waals surface area contributed by atoms with Gasteiger partial charge in [0.2, 0.25) is 0 Å². The van der Waals surface area contributed by atoms with Crippen LogP contribution in [0.5, 0.6) is 5.75 Å². The zero-order valence-corrected chi connectivity index (χ0v) is 11.2. The lowest BCUT2D eigenvalue weighted by Crippen LogP contribution is -2.33. The van der Waals surface area contributed by atoms with Crippen molar-refractivity contribution in [1.82, 2.24) is 0 Å². The second kappa shape index (κ2) is 5.80. The number of rotatable bonds is 3. The highest BCUT2D eigenvalue weighted by Gasteiger charge is 2.53. The van der Waals surface area contributed by atoms with Crippen molar-refractivity contribution >= 4 is 15.9 Å². The number of ether oxygens (including phenoxy) is 1. The summed E-state index contributed by atoms with van der Waals surface area (Å²) in [4.78, 5) is -4.45. The Kier molecular flexibility index (Phi) is 4.82. The molecule has 0 aromatic heterocycles. The van der Waals surface area contributed by atoms with Gasteiger partial charge in [-0.3, -0.25) is 0 Å². The van der Waals surface area contributed by atoms with E-state index in [1.807, 2.05) is 0 Å². The molecular formula is C12H9BrF4O2. The summed E-state index contributed by atoms with van der Waals surface area (Å²) in [6.07, 6.45) is -1.59. The van der Waals surface area contributed by atoms with Crippen LogP contribution >= 0.6 is 15.9 Å². The highest BCUT2D eigenvalue weighted by molar-refractivity contribution is 9.10. The van der Waals surface area contributed by atoms with Gasteiger partial charge in [-0.2, -0.15) is 17.6 Å². The predicted octanol–water partition coefficient (Wildman–Crippen LogP) is 3.36. The third-order valence-electron chi connectivity index (χ3n) is 2.15. The molecule has 0 amide bonds. The summed E-state index contributed by atoms with van der Waals surface area (Å²) < 4.78 is 55.3. The summed E-state index contributed by atoms with van der Waals surface area (Å²) in [5.74, 6) is -1.32. The van der Waals surface area contributed by atoms with Gasteiger partial charge in [-0.15, -0.1) is 0 Å². The molecule has 1 rings (SSSR count). The highest BCUT2D eigenvalue weighted by Crippen LogP contribution is 2.38. The van der Waals surface area contributed by atoms with Crippen LogP contribution in [0, 0.1) is 11.8 Å². The fourth-order valence-corrected chi connectivity index (χ4v) is 1.20. The molecule has 1 unspecified atom stereocenters. The van der Waals surface area contributed by atoms with Gasteiger partial charge < -0.3 is 9.84 Å². The predicted molar refractivity (Wildman–Crippen MR) is 64.6 cm³/mol. The summed E-state index contributed by atoms with van der Waals surface area (Å²) >= 11 is 1.54. The Balaban J connectivity index is 2.88. The topological polar surface area (TPSA) is 29.5 Å². The molecule has 1 atom stereocenters. The third kappa shape index (κ3) is 4.11. The third-order valence-corrected chi connectivity index (χ3v) is 2.65. The van der Waals surface area contributed by atoms with Crippen molar-refractivity contribution in [3.63, 3.8) is 0 Å². The van der Waals surface area contributed by atoms with E-state index in [1.165, 1.54) is 31.4 Å². The first-order valence-electron chi connectivity index (χ1n) is 4.96. The molecule has 19 heavy (non-hydrogen) atoms. The largest absolute Gasteiger partial charge is 0.497 e. The summed E-state index contributed by atoms with van der Waals surface area (Å²) in [6, 6.07) is 5.75. The van der Waals surface area contributed by atoms with E-state index in [4.69, 9.17) is 4.74 Å². The van der Waals surface area contributed by atoms with E-state index in [9.17, 15) is 22.7 Å². The zero-order chi connectivity index (χ0) is 14.7. The quantitative estimate of drug-likeness (QED) is 0.519. The molecule has 1 aromatic carbocycles. The van der Waals surface area contributed by atoms with Gasteiger partial charge in [0.1, 0.15) is 11.9 Å². The smallest absolute Gasteiger partial charge is 0.380 e. The van der Waals surface area contributed by atoms with Crippen molar-refractivity contribution in [2.24, 2.45) is 0 Å². The number of halogens is 5. The Morgan fingerprint density at radius 2 is 1.74 bits per heavy atom. The molecular weight excluding hydrogens is 332 g/mol. The van der Waals surface area contributed by atoms with Crippen molar-refractivity contribution in [2.75, 3.05) is 7.11 Å². The van der Waals surface area contributed by atoms with Gasteiger partial charge in [-0.1, -0.05) is 18.1 Å². The molecule has 0 saturated heterocycles. The van der Waals surface area contributed by atoms with Crippen LogP contribution in [0.2, 0.25) is 0 Å². The first-order valence-corrected chi connectivity index (χ1v) is 5.76. The summed E-state index contributed by atoms with van der Waals surface area (Å²) in [7, 11) is 1.43. The molecule has 104 valence electrons. The average molecular weight is 341 g/mol. The number of alkyl halides is 5. The first kappa shape index (κ1) is 15.8. The molecule has 7 heteroatoms. The van der Waals surface area contributed by atoms with E-state index in [0.717, 1.165) is 5.92 Å². The lowest BCUT2D eigenvalue weighted by atomic mass is 10.1. The van der Waals surface area contributed by atoms with E-state index >= 15 is 0 Å². The average Bonchev–Trinajstić information content (AvgIpc) is 2.35. The Bertz CT molecular complexity index is 485. The van der Waals surface area contributed by atoms with Crippen LogP contribution in [0.25, 0.3) is 0 Å². The molecule has 1 N–H and O–H groups in total. The molecule has 0 fully saturated rings. The highest BCUT2D eigenvalue weighted by atomic mass is 79.9. The van der Waals surface area contributed by atoms with Gasteiger partial charge in [0.05, 0.1) is 7.11 Å². The van der Waals surface area contributed by atoms with Crippen LogP contribution in [0.1, 0.15) is 11.7 Å². The molecule has 0 saturated carbocycles. The van der Waals surface area contributed by atoms with Crippen molar-refractivity contribution < 1.29 is 27.4 Å². The van der Waals surface area contributed by atoms with Crippen LogP contribution in [0.3, 0.4) is 0 Å². The minimum atomic E-state index is -4.57. The van der Waals surface area contributed by atoms with Gasteiger partial charge in [-0.05, 0) is 39.5 Å². The molecule has 0 aliphatic rings. The van der Waals surface area contributed by atoms with Gasteiger partial charge in [0, 0.05) is 0 Å². The lowest BCUT2D eigenvalue weighted by Gasteiger charge is -2.15. The Hall–Kier alpha value is -1.26. The summed E-state index contributed by atoms with van der Waals surface area (Å²) in [6.45, 7) is 0. The van der Waals surface area contributed by atoms with Gasteiger partial charge in [0.15, 0.2) is 0 Å². The zero-order valence-electron chi connectivity index (χ0n) is 9.63. The molecule has 0 aliphatic heterocycles. The Morgan fingerprint density at radius 3 is 2.16 bits per heavy atom. The van der Waals surface area contributed by atoms with E-state index in [2.05, 4.69) is 0 Å². The van der Waals surface area contributed by atoms with Gasteiger partial charge in [0.25, 0.3) is 0 Å². The van der Waals surface area contributed by atoms with Crippen molar-refractivity contribution in [3.8, 4) is 17.6 Å².